The van der Waals surface area contributed by atoms with E-state index in [0.717, 1.165) is 28.1 Å². The highest BCUT2D eigenvalue weighted by molar-refractivity contribution is 5.83. The second-order valence-electron chi connectivity index (χ2n) is 5.10. The Bertz CT molecular complexity index is 925. The first-order valence-corrected chi connectivity index (χ1v) is 7.12. The number of imidazole rings is 1. The van der Waals surface area contributed by atoms with Crippen molar-refractivity contribution in [3.8, 4) is 17.1 Å². The van der Waals surface area contributed by atoms with Gasteiger partial charge in [-0.1, -0.05) is 42.5 Å². The Hall–Kier alpha value is -2.94. The first kappa shape index (κ1) is 12.8. The lowest BCUT2D eigenvalue weighted by atomic mass is 10.2. The van der Waals surface area contributed by atoms with E-state index in [1.165, 1.54) is 12.1 Å². The van der Waals surface area contributed by atoms with Crippen LogP contribution in [0.5, 0.6) is 0 Å². The van der Waals surface area contributed by atoms with Gasteiger partial charge in [-0.15, -0.1) is 0 Å². The van der Waals surface area contributed by atoms with Crippen LogP contribution in [0, 0.1) is 5.82 Å². The van der Waals surface area contributed by atoms with Crippen molar-refractivity contribution in [2.75, 3.05) is 0 Å². The fraction of sp³-hybridized carbons (Fsp3) is 0. The fourth-order valence-electron chi connectivity index (χ4n) is 2.66. The summed E-state index contributed by atoms with van der Waals surface area (Å²) < 4.78 is 15.3. The van der Waals surface area contributed by atoms with Gasteiger partial charge in [-0.2, -0.15) is 0 Å². The van der Waals surface area contributed by atoms with Crippen LogP contribution in [0.2, 0.25) is 0 Å². The third kappa shape index (κ3) is 2.07. The molecule has 0 N–H and O–H groups in total. The van der Waals surface area contributed by atoms with Crippen LogP contribution < -0.4 is 0 Å². The van der Waals surface area contributed by atoms with Gasteiger partial charge in [0.1, 0.15) is 11.6 Å². The van der Waals surface area contributed by atoms with Crippen molar-refractivity contribution < 1.29 is 4.39 Å². The van der Waals surface area contributed by atoms with Gasteiger partial charge in [0.2, 0.25) is 0 Å². The van der Waals surface area contributed by atoms with Crippen LogP contribution in [0.1, 0.15) is 0 Å². The molecule has 0 spiro atoms. The molecule has 0 aliphatic rings. The number of nitrogens with zero attached hydrogens (tertiary/aromatic N) is 2. The minimum Gasteiger partial charge on any atom is -0.292 e. The molecule has 22 heavy (non-hydrogen) atoms. The summed E-state index contributed by atoms with van der Waals surface area (Å²) in [6.45, 7) is 0. The molecule has 3 heteroatoms. The van der Waals surface area contributed by atoms with Gasteiger partial charge in [-0.3, -0.25) is 4.57 Å². The van der Waals surface area contributed by atoms with Crippen molar-refractivity contribution in [2.45, 2.75) is 0 Å². The first-order valence-electron chi connectivity index (χ1n) is 7.12. The Kier molecular flexibility index (Phi) is 2.97. The molecule has 1 aromatic heterocycles. The summed E-state index contributed by atoms with van der Waals surface area (Å²) in [4.78, 5) is 4.75. The molecular weight excluding hydrogens is 275 g/mol. The van der Waals surface area contributed by atoms with Crippen molar-refractivity contribution in [1.29, 1.82) is 0 Å². The lowest BCUT2D eigenvalue weighted by molar-refractivity contribution is 0.627. The van der Waals surface area contributed by atoms with Gasteiger partial charge in [0.25, 0.3) is 0 Å². The maximum absolute atomic E-state index is 13.2. The number of halogens is 1. The number of aromatic nitrogens is 2. The van der Waals surface area contributed by atoms with Gasteiger partial charge >= 0.3 is 0 Å². The molecule has 0 unspecified atom stereocenters. The van der Waals surface area contributed by atoms with E-state index in [2.05, 4.69) is 4.57 Å². The third-order valence-corrected chi connectivity index (χ3v) is 3.68. The van der Waals surface area contributed by atoms with Gasteiger partial charge in [-0.25, -0.2) is 9.37 Å². The van der Waals surface area contributed by atoms with E-state index in [1.807, 2.05) is 54.6 Å². The van der Waals surface area contributed by atoms with Crippen LogP contribution in [-0.4, -0.2) is 9.55 Å². The summed E-state index contributed by atoms with van der Waals surface area (Å²) in [6.07, 6.45) is 0. The summed E-state index contributed by atoms with van der Waals surface area (Å²) in [6, 6.07) is 24.5. The van der Waals surface area contributed by atoms with Gasteiger partial charge < -0.3 is 0 Å². The number of hydrogen-bond acceptors (Lipinski definition) is 1. The van der Waals surface area contributed by atoms with E-state index in [0.29, 0.717) is 0 Å². The molecule has 106 valence electrons. The molecule has 1 heterocycles. The van der Waals surface area contributed by atoms with E-state index in [9.17, 15) is 4.39 Å². The second-order valence-corrected chi connectivity index (χ2v) is 5.10. The van der Waals surface area contributed by atoms with Crippen LogP contribution in [0.4, 0.5) is 4.39 Å². The van der Waals surface area contributed by atoms with Gasteiger partial charge in [0.15, 0.2) is 0 Å². The Morgan fingerprint density at radius 2 is 1.41 bits per heavy atom. The number of rotatable bonds is 2. The zero-order valence-corrected chi connectivity index (χ0v) is 11.8. The molecule has 0 amide bonds. The molecule has 0 fully saturated rings. The van der Waals surface area contributed by atoms with Crippen LogP contribution in [0.3, 0.4) is 0 Å². The Balaban J connectivity index is 2.04. The maximum Gasteiger partial charge on any atom is 0.145 e. The molecule has 4 rings (SSSR count). The van der Waals surface area contributed by atoms with E-state index in [-0.39, 0.29) is 5.82 Å². The predicted molar refractivity (Wildman–Crippen MR) is 86.5 cm³/mol. The summed E-state index contributed by atoms with van der Waals surface area (Å²) >= 11 is 0. The molecule has 0 saturated carbocycles. The Morgan fingerprint density at radius 1 is 0.727 bits per heavy atom. The van der Waals surface area contributed by atoms with E-state index in [1.54, 1.807) is 12.1 Å². The predicted octanol–water partition coefficient (Wildman–Crippen LogP) is 4.83. The van der Waals surface area contributed by atoms with Crippen LogP contribution in [0.15, 0.2) is 78.9 Å². The summed E-state index contributed by atoms with van der Waals surface area (Å²) in [5.74, 6) is 0.614. The monoisotopic (exact) mass is 288 g/mol. The molecule has 2 nitrogen and oxygen atoms in total. The Labute approximate surface area is 127 Å². The largest absolute Gasteiger partial charge is 0.292 e. The highest BCUT2D eigenvalue weighted by atomic mass is 19.1. The number of para-hydroxylation sites is 2. The van der Waals surface area contributed by atoms with E-state index >= 15 is 0 Å². The zero-order chi connectivity index (χ0) is 14.9. The van der Waals surface area contributed by atoms with E-state index in [4.69, 9.17) is 4.98 Å². The number of fused-ring (bicyclic) bond motifs is 1. The average molecular weight is 288 g/mol. The fourth-order valence-corrected chi connectivity index (χ4v) is 2.66. The quantitative estimate of drug-likeness (QED) is 0.516. The standard InChI is InChI=1S/C19H13FN2/c20-15-10-12-16(13-11-15)22-18-9-5-4-8-17(18)21-19(22)14-6-2-1-3-7-14/h1-13H. The summed E-state index contributed by atoms with van der Waals surface area (Å²) in [7, 11) is 0. The van der Waals surface area contributed by atoms with Crippen molar-refractivity contribution in [1.82, 2.24) is 9.55 Å². The molecule has 0 atom stereocenters. The number of benzene rings is 3. The normalized spacial score (nSPS) is 11.0. The zero-order valence-electron chi connectivity index (χ0n) is 11.8. The van der Waals surface area contributed by atoms with Gasteiger partial charge in [0.05, 0.1) is 11.0 Å². The smallest absolute Gasteiger partial charge is 0.145 e. The van der Waals surface area contributed by atoms with Crippen LogP contribution >= 0.6 is 0 Å². The summed E-state index contributed by atoms with van der Waals surface area (Å²) in [5, 5.41) is 0. The highest BCUT2D eigenvalue weighted by Gasteiger charge is 2.13. The lowest BCUT2D eigenvalue weighted by Crippen LogP contribution is -1.97. The SMILES string of the molecule is Fc1ccc(-n2c(-c3ccccc3)nc3ccccc32)cc1. The molecule has 0 bridgehead atoms. The molecule has 0 aliphatic heterocycles. The van der Waals surface area contributed by atoms with Crippen molar-refractivity contribution >= 4 is 11.0 Å². The molecule has 0 radical (unpaired) electrons. The maximum atomic E-state index is 13.2. The molecule has 4 aromatic rings. The highest BCUT2D eigenvalue weighted by Crippen LogP contribution is 2.28. The minimum absolute atomic E-state index is 0.241. The second kappa shape index (κ2) is 5.11. The van der Waals surface area contributed by atoms with Crippen LogP contribution in [0.25, 0.3) is 28.1 Å². The number of hydrogen-bond donors (Lipinski definition) is 0. The average Bonchev–Trinajstić information content (AvgIpc) is 2.96. The lowest BCUT2D eigenvalue weighted by Gasteiger charge is -2.09. The van der Waals surface area contributed by atoms with Gasteiger partial charge in [-0.05, 0) is 36.4 Å². The van der Waals surface area contributed by atoms with Crippen molar-refractivity contribution in [3.05, 3.63) is 84.7 Å². The van der Waals surface area contributed by atoms with Crippen LogP contribution in [-0.2, 0) is 0 Å². The molecule has 0 saturated heterocycles. The summed E-state index contributed by atoms with van der Waals surface area (Å²) in [5.41, 5.74) is 3.86. The topological polar surface area (TPSA) is 17.8 Å². The molecule has 0 aliphatic carbocycles. The third-order valence-electron chi connectivity index (χ3n) is 3.68. The van der Waals surface area contributed by atoms with Crippen molar-refractivity contribution in [3.63, 3.8) is 0 Å². The Morgan fingerprint density at radius 3 is 2.18 bits per heavy atom. The molecular formula is C19H13FN2. The van der Waals surface area contributed by atoms with E-state index < -0.39 is 0 Å². The van der Waals surface area contributed by atoms with Gasteiger partial charge in [0, 0.05) is 11.3 Å². The molecule has 3 aromatic carbocycles. The van der Waals surface area contributed by atoms with Crippen molar-refractivity contribution in [2.24, 2.45) is 0 Å². The minimum atomic E-state index is -0.241. The first-order chi connectivity index (χ1) is 10.8.